The Kier molecular flexibility index (Phi) is 4.27. The van der Waals surface area contributed by atoms with Gasteiger partial charge in [0.05, 0.1) is 13.0 Å². The van der Waals surface area contributed by atoms with E-state index in [1.807, 2.05) is 28.0 Å². The van der Waals surface area contributed by atoms with E-state index in [2.05, 4.69) is 11.0 Å². The van der Waals surface area contributed by atoms with Crippen molar-refractivity contribution in [2.75, 3.05) is 44.7 Å². The van der Waals surface area contributed by atoms with E-state index in [0.29, 0.717) is 32.1 Å². The van der Waals surface area contributed by atoms with Crippen molar-refractivity contribution in [3.8, 4) is 5.75 Å². The fraction of sp³-hybridized carbons (Fsp3) is 0.579. The second-order valence-corrected chi connectivity index (χ2v) is 7.19. The molecule has 0 aromatic heterocycles. The zero-order chi connectivity index (χ0) is 17.4. The Balaban J connectivity index is 1.33. The highest BCUT2D eigenvalue weighted by atomic mass is 16.5. The molecule has 0 N–H and O–H groups in total. The molecular formula is C19H25N3O3. The van der Waals surface area contributed by atoms with Gasteiger partial charge in [-0.15, -0.1) is 0 Å². The quantitative estimate of drug-likeness (QED) is 0.828. The van der Waals surface area contributed by atoms with Gasteiger partial charge < -0.3 is 19.4 Å². The lowest BCUT2D eigenvalue weighted by Gasteiger charge is -2.37. The fourth-order valence-electron chi connectivity index (χ4n) is 3.89. The van der Waals surface area contributed by atoms with E-state index in [4.69, 9.17) is 4.74 Å². The van der Waals surface area contributed by atoms with Gasteiger partial charge in [0.15, 0.2) is 0 Å². The Morgan fingerprint density at radius 2 is 1.92 bits per heavy atom. The Labute approximate surface area is 148 Å². The van der Waals surface area contributed by atoms with Crippen LogP contribution in [0.5, 0.6) is 5.75 Å². The van der Waals surface area contributed by atoms with Crippen LogP contribution in [0, 0.1) is 5.92 Å². The maximum Gasteiger partial charge on any atom is 0.228 e. The summed E-state index contributed by atoms with van der Waals surface area (Å²) in [5, 5.41) is 0. The van der Waals surface area contributed by atoms with E-state index in [1.165, 1.54) is 0 Å². The number of carbonyl (C=O) groups excluding carboxylic acids is 2. The molecule has 2 saturated heterocycles. The second kappa shape index (κ2) is 6.58. The van der Waals surface area contributed by atoms with Crippen molar-refractivity contribution in [1.29, 1.82) is 0 Å². The van der Waals surface area contributed by atoms with Gasteiger partial charge in [-0.1, -0.05) is 6.07 Å². The number of carbonyl (C=O) groups is 2. The Morgan fingerprint density at radius 1 is 1.16 bits per heavy atom. The molecule has 1 aromatic carbocycles. The molecular weight excluding hydrogens is 318 g/mol. The van der Waals surface area contributed by atoms with Gasteiger partial charge >= 0.3 is 0 Å². The van der Waals surface area contributed by atoms with E-state index in [9.17, 15) is 9.59 Å². The topological polar surface area (TPSA) is 53.1 Å². The lowest BCUT2D eigenvalue weighted by Crippen LogP contribution is -2.50. The van der Waals surface area contributed by atoms with Crippen molar-refractivity contribution >= 4 is 17.5 Å². The SMILES string of the molecule is COc1cccc(N2CCN(C(=O)[C@H]3CC(=O)N(C4CC4)C3)CC2)c1. The van der Waals surface area contributed by atoms with Crippen LogP contribution in [-0.4, -0.2) is 67.5 Å². The van der Waals surface area contributed by atoms with Crippen LogP contribution >= 0.6 is 0 Å². The van der Waals surface area contributed by atoms with E-state index in [0.717, 1.165) is 37.4 Å². The number of hydrogen-bond donors (Lipinski definition) is 0. The maximum atomic E-state index is 12.8. The van der Waals surface area contributed by atoms with Crippen LogP contribution in [0.2, 0.25) is 0 Å². The number of hydrogen-bond acceptors (Lipinski definition) is 4. The van der Waals surface area contributed by atoms with Crippen LogP contribution < -0.4 is 9.64 Å². The number of ether oxygens (including phenoxy) is 1. The van der Waals surface area contributed by atoms with E-state index in [1.54, 1.807) is 7.11 Å². The molecule has 0 unspecified atom stereocenters. The largest absolute Gasteiger partial charge is 0.497 e. The minimum Gasteiger partial charge on any atom is -0.497 e. The summed E-state index contributed by atoms with van der Waals surface area (Å²) in [4.78, 5) is 31.0. The summed E-state index contributed by atoms with van der Waals surface area (Å²) in [6, 6.07) is 8.44. The van der Waals surface area contributed by atoms with E-state index < -0.39 is 0 Å². The first-order valence-corrected chi connectivity index (χ1v) is 9.13. The second-order valence-electron chi connectivity index (χ2n) is 7.19. The highest BCUT2D eigenvalue weighted by molar-refractivity contribution is 5.89. The molecule has 4 rings (SSSR count). The molecule has 2 heterocycles. The summed E-state index contributed by atoms with van der Waals surface area (Å²) >= 11 is 0. The molecule has 0 radical (unpaired) electrons. The number of methoxy groups -OCH3 is 1. The molecule has 25 heavy (non-hydrogen) atoms. The van der Waals surface area contributed by atoms with Crippen molar-refractivity contribution in [1.82, 2.24) is 9.80 Å². The number of amides is 2. The van der Waals surface area contributed by atoms with Gasteiger partial charge in [-0.3, -0.25) is 9.59 Å². The smallest absolute Gasteiger partial charge is 0.228 e. The number of anilines is 1. The van der Waals surface area contributed by atoms with E-state index in [-0.39, 0.29) is 17.7 Å². The lowest BCUT2D eigenvalue weighted by atomic mass is 10.1. The van der Waals surface area contributed by atoms with Crippen molar-refractivity contribution in [3.63, 3.8) is 0 Å². The third-order valence-corrected chi connectivity index (χ3v) is 5.51. The first-order chi connectivity index (χ1) is 12.2. The Bertz CT molecular complexity index is 666. The molecule has 3 aliphatic rings. The summed E-state index contributed by atoms with van der Waals surface area (Å²) in [7, 11) is 1.67. The van der Waals surface area contributed by atoms with Gasteiger partial charge in [0.25, 0.3) is 0 Å². The van der Waals surface area contributed by atoms with Gasteiger partial charge in [0.1, 0.15) is 5.75 Å². The number of nitrogens with zero attached hydrogens (tertiary/aromatic N) is 3. The molecule has 1 saturated carbocycles. The molecule has 0 spiro atoms. The molecule has 1 aliphatic carbocycles. The Hall–Kier alpha value is -2.24. The predicted octanol–water partition coefficient (Wildman–Crippen LogP) is 1.35. The average molecular weight is 343 g/mol. The van der Waals surface area contributed by atoms with Crippen molar-refractivity contribution in [3.05, 3.63) is 24.3 Å². The van der Waals surface area contributed by atoms with Gasteiger partial charge in [-0.05, 0) is 25.0 Å². The number of piperazine rings is 1. The molecule has 6 nitrogen and oxygen atoms in total. The van der Waals surface area contributed by atoms with Crippen molar-refractivity contribution in [2.24, 2.45) is 5.92 Å². The molecule has 134 valence electrons. The summed E-state index contributed by atoms with van der Waals surface area (Å²) in [6.45, 7) is 3.67. The van der Waals surface area contributed by atoms with Crippen molar-refractivity contribution in [2.45, 2.75) is 25.3 Å². The zero-order valence-corrected chi connectivity index (χ0v) is 14.7. The van der Waals surface area contributed by atoms with Gasteiger partial charge in [-0.25, -0.2) is 0 Å². The minimum absolute atomic E-state index is 0.142. The maximum absolute atomic E-state index is 12.8. The van der Waals surface area contributed by atoms with Crippen LogP contribution in [0.15, 0.2) is 24.3 Å². The number of likely N-dealkylation sites (tertiary alicyclic amines) is 1. The molecule has 2 aliphatic heterocycles. The van der Waals surface area contributed by atoms with Crippen LogP contribution in [-0.2, 0) is 9.59 Å². The highest BCUT2D eigenvalue weighted by Crippen LogP contribution is 2.33. The normalized spacial score (nSPS) is 24.0. The fourth-order valence-corrected chi connectivity index (χ4v) is 3.89. The highest BCUT2D eigenvalue weighted by Gasteiger charge is 2.43. The van der Waals surface area contributed by atoms with Crippen LogP contribution in [0.1, 0.15) is 19.3 Å². The number of benzene rings is 1. The molecule has 2 amide bonds. The summed E-state index contributed by atoms with van der Waals surface area (Å²) in [5.41, 5.74) is 1.13. The van der Waals surface area contributed by atoms with E-state index >= 15 is 0 Å². The van der Waals surface area contributed by atoms with Crippen LogP contribution in [0.4, 0.5) is 5.69 Å². The third-order valence-electron chi connectivity index (χ3n) is 5.51. The first-order valence-electron chi connectivity index (χ1n) is 9.13. The molecule has 1 aromatic rings. The van der Waals surface area contributed by atoms with Crippen LogP contribution in [0.3, 0.4) is 0 Å². The molecule has 3 fully saturated rings. The average Bonchev–Trinajstić information content (AvgIpc) is 3.43. The summed E-state index contributed by atoms with van der Waals surface area (Å²) in [6.07, 6.45) is 2.60. The van der Waals surface area contributed by atoms with Gasteiger partial charge in [-0.2, -0.15) is 0 Å². The van der Waals surface area contributed by atoms with Crippen molar-refractivity contribution < 1.29 is 14.3 Å². The predicted molar refractivity (Wildman–Crippen MR) is 94.6 cm³/mol. The summed E-state index contributed by atoms with van der Waals surface area (Å²) in [5.74, 6) is 1.02. The molecule has 1 atom stereocenters. The van der Waals surface area contributed by atoms with Crippen LogP contribution in [0.25, 0.3) is 0 Å². The molecule has 6 heteroatoms. The summed E-state index contributed by atoms with van der Waals surface area (Å²) < 4.78 is 5.29. The standard InChI is InChI=1S/C19H25N3O3/c1-25-17-4-2-3-16(12-17)20-7-9-21(10-8-20)19(24)14-11-18(23)22(13-14)15-5-6-15/h2-4,12,14-15H,5-11,13H2,1H3/t14-/m0/s1. The third kappa shape index (κ3) is 3.30. The lowest BCUT2D eigenvalue weighted by molar-refractivity contribution is -0.136. The zero-order valence-electron chi connectivity index (χ0n) is 14.7. The number of rotatable bonds is 4. The minimum atomic E-state index is -0.142. The molecule has 0 bridgehead atoms. The Morgan fingerprint density at radius 3 is 2.60 bits per heavy atom. The van der Waals surface area contributed by atoms with Gasteiger partial charge in [0, 0.05) is 56.9 Å². The monoisotopic (exact) mass is 343 g/mol. The first kappa shape index (κ1) is 16.2. The van der Waals surface area contributed by atoms with Gasteiger partial charge in [0.2, 0.25) is 11.8 Å².